The SMILES string of the molecule is Clc1ccc2c(c1)oc1ccc3ccc(-c4nc(-c5ccccc5)nc(-c5cc6ccccc6c6ccccc56)n4)cc3c12. The van der Waals surface area contributed by atoms with E-state index in [2.05, 4.69) is 78.9 Å². The van der Waals surface area contributed by atoms with Crippen LogP contribution in [0.5, 0.6) is 0 Å². The Kier molecular flexibility index (Phi) is 5.52. The van der Waals surface area contributed by atoms with Gasteiger partial charge < -0.3 is 4.42 Å². The summed E-state index contributed by atoms with van der Waals surface area (Å²) in [5.41, 5.74) is 4.39. The van der Waals surface area contributed by atoms with E-state index < -0.39 is 0 Å². The van der Waals surface area contributed by atoms with E-state index in [9.17, 15) is 0 Å². The molecule has 0 N–H and O–H groups in total. The van der Waals surface area contributed by atoms with E-state index in [0.717, 1.165) is 60.2 Å². The molecule has 0 unspecified atom stereocenters. The number of aromatic nitrogens is 3. The molecule has 0 saturated carbocycles. The summed E-state index contributed by atoms with van der Waals surface area (Å²) in [6.45, 7) is 0. The number of furan rings is 1. The summed E-state index contributed by atoms with van der Waals surface area (Å²) in [7, 11) is 0. The molecule has 0 aliphatic heterocycles. The van der Waals surface area contributed by atoms with Gasteiger partial charge in [-0.05, 0) is 62.6 Å². The van der Waals surface area contributed by atoms with Crippen molar-refractivity contribution in [1.29, 1.82) is 0 Å². The van der Waals surface area contributed by atoms with Crippen LogP contribution in [0.4, 0.5) is 0 Å². The summed E-state index contributed by atoms with van der Waals surface area (Å²) in [6.07, 6.45) is 0. The zero-order valence-corrected chi connectivity index (χ0v) is 24.1. The Morgan fingerprint density at radius 3 is 2.00 bits per heavy atom. The van der Waals surface area contributed by atoms with E-state index in [4.69, 9.17) is 31.0 Å². The summed E-state index contributed by atoms with van der Waals surface area (Å²) >= 11 is 6.29. The number of fused-ring (bicyclic) bond motifs is 8. The maximum Gasteiger partial charge on any atom is 0.164 e. The zero-order chi connectivity index (χ0) is 29.2. The van der Waals surface area contributed by atoms with Crippen LogP contribution in [0, 0.1) is 0 Å². The quantitative estimate of drug-likeness (QED) is 0.194. The smallest absolute Gasteiger partial charge is 0.164 e. The van der Waals surface area contributed by atoms with Crippen molar-refractivity contribution >= 4 is 65.9 Å². The Labute approximate surface area is 257 Å². The number of halogens is 1. The van der Waals surface area contributed by atoms with Crippen LogP contribution in [0.25, 0.3) is 88.4 Å². The van der Waals surface area contributed by atoms with Crippen LogP contribution in [0.3, 0.4) is 0 Å². The third-order valence-corrected chi connectivity index (χ3v) is 8.59. The summed E-state index contributed by atoms with van der Waals surface area (Å²) in [6, 6.07) is 45.4. The second-order valence-corrected chi connectivity index (χ2v) is 11.4. The van der Waals surface area contributed by atoms with Crippen LogP contribution in [-0.2, 0) is 0 Å². The fourth-order valence-electron chi connectivity index (χ4n) is 6.29. The first-order valence-corrected chi connectivity index (χ1v) is 14.8. The first kappa shape index (κ1) is 25.0. The van der Waals surface area contributed by atoms with Crippen LogP contribution >= 0.6 is 11.6 Å². The minimum atomic E-state index is 0.612. The molecule has 9 aromatic rings. The second-order valence-electron chi connectivity index (χ2n) is 11.0. The van der Waals surface area contributed by atoms with E-state index in [-0.39, 0.29) is 0 Å². The Morgan fingerprint density at radius 1 is 0.432 bits per heavy atom. The molecule has 0 spiro atoms. The van der Waals surface area contributed by atoms with Gasteiger partial charge in [0.25, 0.3) is 0 Å². The molecular weight excluding hydrogens is 562 g/mol. The first-order chi connectivity index (χ1) is 21.7. The maximum absolute atomic E-state index is 6.29. The summed E-state index contributed by atoms with van der Waals surface area (Å²) in [4.78, 5) is 15.2. The minimum Gasteiger partial charge on any atom is -0.456 e. The Balaban J connectivity index is 1.32. The van der Waals surface area contributed by atoms with Gasteiger partial charge in [-0.1, -0.05) is 109 Å². The Bertz CT molecular complexity index is 2570. The average Bonchev–Trinajstić information content (AvgIpc) is 3.46. The van der Waals surface area contributed by atoms with E-state index in [1.165, 1.54) is 10.8 Å². The van der Waals surface area contributed by atoms with Crippen molar-refractivity contribution in [1.82, 2.24) is 15.0 Å². The van der Waals surface area contributed by atoms with Gasteiger partial charge in [-0.15, -0.1) is 0 Å². The molecule has 5 heteroatoms. The van der Waals surface area contributed by atoms with Gasteiger partial charge in [0, 0.05) is 38.6 Å². The molecule has 9 rings (SSSR count). The molecule has 44 heavy (non-hydrogen) atoms. The molecule has 0 saturated heterocycles. The third kappa shape index (κ3) is 3.96. The topological polar surface area (TPSA) is 51.8 Å². The number of benzene rings is 7. The van der Waals surface area contributed by atoms with Gasteiger partial charge in [0.2, 0.25) is 0 Å². The van der Waals surface area contributed by atoms with Gasteiger partial charge in [-0.2, -0.15) is 0 Å². The minimum absolute atomic E-state index is 0.612. The monoisotopic (exact) mass is 583 g/mol. The van der Waals surface area contributed by atoms with Crippen molar-refractivity contribution in [3.8, 4) is 34.2 Å². The van der Waals surface area contributed by atoms with Gasteiger partial charge in [0.1, 0.15) is 11.2 Å². The molecule has 2 aromatic heterocycles. The molecule has 0 radical (unpaired) electrons. The summed E-state index contributed by atoms with van der Waals surface area (Å²) in [5, 5.41) is 9.52. The third-order valence-electron chi connectivity index (χ3n) is 8.35. The first-order valence-electron chi connectivity index (χ1n) is 14.5. The lowest BCUT2D eigenvalue weighted by Gasteiger charge is -2.12. The van der Waals surface area contributed by atoms with Gasteiger partial charge >= 0.3 is 0 Å². The summed E-state index contributed by atoms with van der Waals surface area (Å²) in [5.74, 6) is 1.88. The molecule has 4 nitrogen and oxygen atoms in total. The van der Waals surface area contributed by atoms with Crippen LogP contribution in [0.15, 0.2) is 138 Å². The fourth-order valence-corrected chi connectivity index (χ4v) is 6.45. The molecule has 0 atom stereocenters. The molecular formula is C39H22ClN3O. The lowest BCUT2D eigenvalue weighted by molar-refractivity contribution is 0.669. The lowest BCUT2D eigenvalue weighted by Crippen LogP contribution is -2.00. The fraction of sp³-hybridized carbons (Fsp3) is 0. The Hall–Kier alpha value is -5.58. The molecule has 206 valence electrons. The molecule has 0 aliphatic rings. The highest BCUT2D eigenvalue weighted by Gasteiger charge is 2.17. The largest absolute Gasteiger partial charge is 0.456 e. The standard InChI is InChI=1S/C39H22ClN3O/c40-27-17-18-31-35(22-27)44-34-19-16-23-14-15-26(21-32(23)36(31)34)38-41-37(24-8-2-1-3-9-24)42-39(43-38)33-20-25-10-4-5-11-28(25)29-12-6-7-13-30(29)33/h1-22H. The van der Waals surface area contributed by atoms with Crippen molar-refractivity contribution in [2.75, 3.05) is 0 Å². The molecule has 0 aliphatic carbocycles. The Morgan fingerprint density at radius 2 is 1.14 bits per heavy atom. The second kappa shape index (κ2) is 9.73. The highest BCUT2D eigenvalue weighted by atomic mass is 35.5. The van der Waals surface area contributed by atoms with Crippen LogP contribution in [-0.4, -0.2) is 15.0 Å². The van der Waals surface area contributed by atoms with Crippen molar-refractivity contribution in [3.63, 3.8) is 0 Å². The lowest BCUT2D eigenvalue weighted by atomic mass is 9.96. The summed E-state index contributed by atoms with van der Waals surface area (Å²) < 4.78 is 6.19. The number of rotatable bonds is 3. The van der Waals surface area contributed by atoms with Gasteiger partial charge in [-0.3, -0.25) is 0 Å². The highest BCUT2D eigenvalue weighted by Crippen LogP contribution is 2.38. The molecule has 0 fully saturated rings. The predicted molar refractivity (Wildman–Crippen MR) is 181 cm³/mol. The van der Waals surface area contributed by atoms with Crippen LogP contribution in [0.2, 0.25) is 5.02 Å². The van der Waals surface area contributed by atoms with Crippen LogP contribution < -0.4 is 0 Å². The number of hydrogen-bond acceptors (Lipinski definition) is 4. The van der Waals surface area contributed by atoms with Gasteiger partial charge in [0.05, 0.1) is 0 Å². The van der Waals surface area contributed by atoms with Crippen LogP contribution in [0.1, 0.15) is 0 Å². The van der Waals surface area contributed by atoms with E-state index in [0.29, 0.717) is 22.5 Å². The van der Waals surface area contributed by atoms with Crippen molar-refractivity contribution < 1.29 is 4.42 Å². The van der Waals surface area contributed by atoms with E-state index in [1.54, 1.807) is 0 Å². The van der Waals surface area contributed by atoms with Gasteiger partial charge in [0.15, 0.2) is 17.5 Å². The molecule has 0 amide bonds. The predicted octanol–water partition coefficient (Wildman–Crippen LogP) is 10.9. The highest BCUT2D eigenvalue weighted by molar-refractivity contribution is 6.32. The zero-order valence-electron chi connectivity index (χ0n) is 23.3. The van der Waals surface area contributed by atoms with Crippen molar-refractivity contribution in [2.45, 2.75) is 0 Å². The average molecular weight is 584 g/mol. The normalized spacial score (nSPS) is 11.8. The number of nitrogens with zero attached hydrogens (tertiary/aromatic N) is 3. The molecule has 2 heterocycles. The van der Waals surface area contributed by atoms with Gasteiger partial charge in [-0.25, -0.2) is 15.0 Å². The maximum atomic E-state index is 6.29. The van der Waals surface area contributed by atoms with E-state index in [1.807, 2.05) is 54.6 Å². The van der Waals surface area contributed by atoms with Crippen molar-refractivity contribution in [2.24, 2.45) is 0 Å². The van der Waals surface area contributed by atoms with E-state index >= 15 is 0 Å². The number of hydrogen-bond donors (Lipinski definition) is 0. The van der Waals surface area contributed by atoms with Crippen molar-refractivity contribution in [3.05, 3.63) is 138 Å². The molecule has 0 bridgehead atoms. The molecule has 7 aromatic carbocycles.